The van der Waals surface area contributed by atoms with E-state index in [9.17, 15) is 5.11 Å². The Kier molecular flexibility index (Phi) is 4.19. The van der Waals surface area contributed by atoms with Crippen LogP contribution in [0.25, 0.3) is 0 Å². The smallest absolute Gasteiger partial charge is 0.0838 e. The van der Waals surface area contributed by atoms with Crippen molar-refractivity contribution in [3.8, 4) is 0 Å². The number of hydrogen-bond acceptors (Lipinski definition) is 2. The lowest BCUT2D eigenvalue weighted by Crippen LogP contribution is -2.32. The monoisotopic (exact) mass is 234 g/mol. The van der Waals surface area contributed by atoms with Gasteiger partial charge >= 0.3 is 0 Å². The van der Waals surface area contributed by atoms with Crippen molar-refractivity contribution in [2.24, 2.45) is 0 Å². The lowest BCUT2D eigenvalue weighted by Gasteiger charge is -2.27. The first-order valence-corrected chi connectivity index (χ1v) is 6.52. The normalized spacial score (nSPS) is 24.9. The molecule has 2 atom stereocenters. The molecule has 1 N–H and O–H groups in total. The molecular formula is C15H22O2. The molecular weight excluding hydrogens is 212 g/mol. The van der Waals surface area contributed by atoms with Crippen molar-refractivity contribution in [3.05, 3.63) is 34.9 Å². The van der Waals surface area contributed by atoms with Crippen molar-refractivity contribution < 1.29 is 9.84 Å². The molecule has 94 valence electrons. The Balaban J connectivity index is 1.92. The Morgan fingerprint density at radius 1 is 1.12 bits per heavy atom. The fourth-order valence-electron chi connectivity index (χ4n) is 2.63. The van der Waals surface area contributed by atoms with Crippen LogP contribution in [0.15, 0.2) is 18.2 Å². The number of aliphatic hydroxyl groups excluding tert-OH is 1. The molecule has 1 saturated carbocycles. The summed E-state index contributed by atoms with van der Waals surface area (Å²) in [7, 11) is 0. The molecule has 17 heavy (non-hydrogen) atoms. The highest BCUT2D eigenvalue weighted by atomic mass is 16.5. The lowest BCUT2D eigenvalue weighted by molar-refractivity contribution is -0.0661. The molecule has 2 unspecified atom stereocenters. The number of aliphatic hydroxyl groups is 1. The number of ether oxygens (including phenoxy) is 1. The molecule has 0 spiro atoms. The van der Waals surface area contributed by atoms with Gasteiger partial charge in [-0.2, -0.15) is 0 Å². The Bertz CT molecular complexity index is 353. The van der Waals surface area contributed by atoms with E-state index in [2.05, 4.69) is 32.0 Å². The Morgan fingerprint density at radius 2 is 1.76 bits per heavy atom. The van der Waals surface area contributed by atoms with Crippen LogP contribution < -0.4 is 0 Å². The Labute approximate surface area is 104 Å². The maximum Gasteiger partial charge on any atom is 0.0838 e. The van der Waals surface area contributed by atoms with E-state index in [-0.39, 0.29) is 12.2 Å². The summed E-state index contributed by atoms with van der Waals surface area (Å²) in [5, 5.41) is 9.83. The summed E-state index contributed by atoms with van der Waals surface area (Å²) >= 11 is 0. The van der Waals surface area contributed by atoms with Gasteiger partial charge in [-0.3, -0.25) is 0 Å². The molecule has 1 aliphatic carbocycles. The summed E-state index contributed by atoms with van der Waals surface area (Å²) in [6.45, 7) is 4.82. The zero-order valence-corrected chi connectivity index (χ0v) is 10.8. The molecule has 0 saturated heterocycles. The van der Waals surface area contributed by atoms with Crippen LogP contribution in [-0.4, -0.2) is 17.3 Å². The summed E-state index contributed by atoms with van der Waals surface area (Å²) in [5.41, 5.74) is 3.75. The second-order valence-electron chi connectivity index (χ2n) is 5.20. The van der Waals surface area contributed by atoms with Crippen LogP contribution in [0.5, 0.6) is 0 Å². The molecule has 0 radical (unpaired) electrons. The van der Waals surface area contributed by atoms with Crippen LogP contribution in [0.2, 0.25) is 0 Å². The molecule has 0 aromatic heterocycles. The zero-order chi connectivity index (χ0) is 12.3. The lowest BCUT2D eigenvalue weighted by atomic mass is 9.95. The summed E-state index contributed by atoms with van der Waals surface area (Å²) in [6, 6.07) is 6.48. The predicted molar refractivity (Wildman–Crippen MR) is 69.0 cm³/mol. The van der Waals surface area contributed by atoms with Gasteiger partial charge in [0.15, 0.2) is 0 Å². The largest absolute Gasteiger partial charge is 0.390 e. The van der Waals surface area contributed by atoms with Crippen LogP contribution in [0.1, 0.15) is 42.4 Å². The topological polar surface area (TPSA) is 29.5 Å². The molecule has 1 fully saturated rings. The van der Waals surface area contributed by atoms with E-state index in [1.165, 1.54) is 23.1 Å². The first-order chi connectivity index (χ1) is 8.15. The molecule has 0 bridgehead atoms. The third kappa shape index (κ3) is 3.55. The number of aryl methyl sites for hydroxylation is 2. The van der Waals surface area contributed by atoms with Gasteiger partial charge in [-0.05, 0) is 32.3 Å². The fourth-order valence-corrected chi connectivity index (χ4v) is 2.63. The summed E-state index contributed by atoms with van der Waals surface area (Å²) < 4.78 is 5.84. The second-order valence-corrected chi connectivity index (χ2v) is 5.20. The predicted octanol–water partition coefficient (Wildman–Crippen LogP) is 3.12. The first-order valence-electron chi connectivity index (χ1n) is 6.52. The van der Waals surface area contributed by atoms with Crippen molar-refractivity contribution >= 4 is 0 Å². The summed E-state index contributed by atoms with van der Waals surface area (Å²) in [5.74, 6) is 0. The van der Waals surface area contributed by atoms with Crippen LogP contribution in [0, 0.1) is 13.8 Å². The second kappa shape index (κ2) is 5.65. The van der Waals surface area contributed by atoms with Gasteiger partial charge in [-0.1, -0.05) is 42.2 Å². The maximum absolute atomic E-state index is 9.83. The van der Waals surface area contributed by atoms with E-state index in [0.717, 1.165) is 19.3 Å². The van der Waals surface area contributed by atoms with Crippen LogP contribution in [0.3, 0.4) is 0 Å². The maximum atomic E-state index is 9.83. The molecule has 2 heteroatoms. The highest BCUT2D eigenvalue weighted by Crippen LogP contribution is 2.22. The van der Waals surface area contributed by atoms with Gasteiger partial charge in [0.1, 0.15) is 0 Å². The molecule has 0 amide bonds. The van der Waals surface area contributed by atoms with Crippen molar-refractivity contribution in [2.45, 2.75) is 58.3 Å². The summed E-state index contributed by atoms with van der Waals surface area (Å²) in [6.07, 6.45) is 3.95. The van der Waals surface area contributed by atoms with Crippen molar-refractivity contribution in [1.82, 2.24) is 0 Å². The van der Waals surface area contributed by atoms with E-state index in [1.54, 1.807) is 0 Å². The van der Waals surface area contributed by atoms with E-state index < -0.39 is 0 Å². The van der Waals surface area contributed by atoms with Gasteiger partial charge < -0.3 is 9.84 Å². The van der Waals surface area contributed by atoms with Crippen LogP contribution in [0.4, 0.5) is 0 Å². The molecule has 0 heterocycles. The van der Waals surface area contributed by atoms with E-state index in [1.807, 2.05) is 0 Å². The molecule has 2 rings (SSSR count). The number of benzene rings is 1. The standard InChI is InChI=1S/C15H22O2/c1-11-7-12(2)9-13(8-11)10-17-15-6-4-3-5-14(15)16/h7-9,14-16H,3-6,10H2,1-2H3. The van der Waals surface area contributed by atoms with E-state index >= 15 is 0 Å². The average molecular weight is 234 g/mol. The first kappa shape index (κ1) is 12.6. The van der Waals surface area contributed by atoms with Crippen LogP contribution >= 0.6 is 0 Å². The van der Waals surface area contributed by atoms with Crippen LogP contribution in [-0.2, 0) is 11.3 Å². The molecule has 2 nitrogen and oxygen atoms in total. The SMILES string of the molecule is Cc1cc(C)cc(COC2CCCCC2O)c1. The minimum Gasteiger partial charge on any atom is -0.390 e. The molecule has 1 aromatic rings. The number of rotatable bonds is 3. The Morgan fingerprint density at radius 3 is 2.41 bits per heavy atom. The van der Waals surface area contributed by atoms with Crippen molar-refractivity contribution in [2.75, 3.05) is 0 Å². The minimum absolute atomic E-state index is 0.0320. The van der Waals surface area contributed by atoms with Crippen molar-refractivity contribution in [3.63, 3.8) is 0 Å². The highest BCUT2D eigenvalue weighted by Gasteiger charge is 2.23. The zero-order valence-electron chi connectivity index (χ0n) is 10.8. The van der Waals surface area contributed by atoms with Gasteiger partial charge in [0.2, 0.25) is 0 Å². The van der Waals surface area contributed by atoms with Gasteiger partial charge in [0, 0.05) is 0 Å². The molecule has 0 aliphatic heterocycles. The average Bonchev–Trinajstić information content (AvgIpc) is 2.27. The van der Waals surface area contributed by atoms with Gasteiger partial charge in [0.05, 0.1) is 18.8 Å². The third-order valence-corrected chi connectivity index (χ3v) is 3.41. The summed E-state index contributed by atoms with van der Waals surface area (Å²) in [4.78, 5) is 0. The van der Waals surface area contributed by atoms with Gasteiger partial charge in [-0.15, -0.1) is 0 Å². The Hall–Kier alpha value is -0.860. The van der Waals surface area contributed by atoms with Gasteiger partial charge in [-0.25, -0.2) is 0 Å². The van der Waals surface area contributed by atoms with E-state index in [0.29, 0.717) is 6.61 Å². The van der Waals surface area contributed by atoms with E-state index in [4.69, 9.17) is 4.74 Å². The number of hydrogen-bond donors (Lipinski definition) is 1. The highest BCUT2D eigenvalue weighted by molar-refractivity contribution is 5.28. The van der Waals surface area contributed by atoms with Gasteiger partial charge in [0.25, 0.3) is 0 Å². The third-order valence-electron chi connectivity index (χ3n) is 3.41. The molecule has 1 aromatic carbocycles. The fraction of sp³-hybridized carbons (Fsp3) is 0.600. The molecule has 1 aliphatic rings. The quantitative estimate of drug-likeness (QED) is 0.870. The van der Waals surface area contributed by atoms with Crippen molar-refractivity contribution in [1.29, 1.82) is 0 Å². The minimum atomic E-state index is -0.269.